The number of halogens is 1. The Balaban J connectivity index is 0.00000484. The van der Waals surface area contributed by atoms with Crippen LogP contribution in [0.2, 0.25) is 5.02 Å². The van der Waals surface area contributed by atoms with Crippen LogP contribution in [-0.2, 0) is 14.9 Å². The molecule has 0 spiro atoms. The van der Waals surface area contributed by atoms with Crippen molar-refractivity contribution in [3.8, 4) is 0 Å². The van der Waals surface area contributed by atoms with Gasteiger partial charge in [0.05, 0.1) is 17.1 Å². The second kappa shape index (κ2) is 8.29. The van der Waals surface area contributed by atoms with Crippen molar-refractivity contribution in [2.45, 2.75) is 17.9 Å². The average molecular weight is 374 g/mol. The number of rotatable bonds is 5. The van der Waals surface area contributed by atoms with Crippen LogP contribution >= 0.6 is 11.6 Å². The van der Waals surface area contributed by atoms with E-state index in [9.17, 15) is 22.6 Å². The first-order valence-electron chi connectivity index (χ1n) is 5.76. The quantitative estimate of drug-likeness (QED) is 0.362. The van der Waals surface area contributed by atoms with E-state index in [0.717, 1.165) is 17.0 Å². The van der Waals surface area contributed by atoms with Gasteiger partial charge in [-0.2, -0.15) is 0 Å². The minimum absolute atomic E-state index is 0. The number of urea groups is 1. The Hall–Kier alpha value is -0.880. The molecule has 0 aliphatic rings. The maximum absolute atomic E-state index is 11.5. The first kappa shape index (κ1) is 22.1. The number of hydrogen-bond donors (Lipinski definition) is 3. The molecule has 12 heteroatoms. The summed E-state index contributed by atoms with van der Waals surface area (Å²) in [4.78, 5) is 22.4. The fourth-order valence-electron chi connectivity index (χ4n) is 1.65. The number of carbonyl (C=O) groups is 2. The van der Waals surface area contributed by atoms with E-state index >= 15 is 0 Å². The molecule has 122 valence electrons. The van der Waals surface area contributed by atoms with Gasteiger partial charge in [0.2, 0.25) is 0 Å². The van der Waals surface area contributed by atoms with Crippen molar-refractivity contribution in [1.82, 2.24) is 0 Å². The molecule has 0 saturated carbocycles. The number of carboxylic acid groups (broad SMARTS) is 1. The number of carboxylic acids is 1. The van der Waals surface area contributed by atoms with Gasteiger partial charge in [-0.1, -0.05) is 11.6 Å². The molecule has 23 heavy (non-hydrogen) atoms. The van der Waals surface area contributed by atoms with Crippen LogP contribution in [0.5, 0.6) is 0 Å². The van der Waals surface area contributed by atoms with Gasteiger partial charge in [0.1, 0.15) is 16.2 Å². The third-order valence-corrected chi connectivity index (χ3v) is 4.04. The van der Waals surface area contributed by atoms with Gasteiger partial charge >= 0.3 is 41.6 Å². The maximum atomic E-state index is 11.5. The number of hydrogen-bond acceptors (Lipinski definition) is 6. The third-order valence-electron chi connectivity index (χ3n) is 2.83. The Morgan fingerprint density at radius 3 is 2.35 bits per heavy atom. The number of amides is 2. The first-order valence-corrected chi connectivity index (χ1v) is 7.55. The molecule has 5 N–H and O–H groups in total. The van der Waals surface area contributed by atoms with Crippen molar-refractivity contribution >= 4 is 39.4 Å². The number of carbonyl (C=O) groups excluding carboxylic acids is 1. The summed E-state index contributed by atoms with van der Waals surface area (Å²) in [7, 11) is -4.83. The molecule has 0 unspecified atom stereocenters. The van der Waals surface area contributed by atoms with Gasteiger partial charge in [-0.05, 0) is 24.6 Å². The van der Waals surface area contributed by atoms with Crippen molar-refractivity contribution in [3.05, 3.63) is 22.7 Å². The maximum Gasteiger partial charge on any atom is 1.00 e. The van der Waals surface area contributed by atoms with Crippen LogP contribution in [0.25, 0.3) is 0 Å². The van der Waals surface area contributed by atoms with Crippen LogP contribution in [0, 0.1) is 6.92 Å². The Labute approximate surface area is 159 Å². The fourth-order valence-corrected chi connectivity index (χ4v) is 2.44. The Morgan fingerprint density at radius 2 is 1.96 bits per heavy atom. The zero-order valence-electron chi connectivity index (χ0n) is 12.3. The molecule has 0 heterocycles. The van der Waals surface area contributed by atoms with Crippen LogP contribution in [0.3, 0.4) is 0 Å². The summed E-state index contributed by atoms with van der Waals surface area (Å²) in [5, 5.41) is 8.70. The van der Waals surface area contributed by atoms with E-state index in [0.29, 0.717) is 0 Å². The molecule has 0 fully saturated rings. The second-order valence-corrected chi connectivity index (χ2v) is 6.18. The largest absolute Gasteiger partial charge is 1.00 e. The molecule has 0 saturated heterocycles. The van der Waals surface area contributed by atoms with Gasteiger partial charge in [0, 0.05) is 5.02 Å². The molecular formula is C11H13ClN3NaO6S. The van der Waals surface area contributed by atoms with Crippen LogP contribution < -0.4 is 45.9 Å². The number of benzene rings is 1. The molecule has 1 aromatic carbocycles. The average Bonchev–Trinajstić information content (AvgIpc) is 2.37. The summed E-state index contributed by atoms with van der Waals surface area (Å²) in [5.41, 5.74) is 10.6. The minimum atomic E-state index is -4.83. The number of anilines is 1. The van der Waals surface area contributed by atoms with Crippen LogP contribution in [-0.4, -0.2) is 42.7 Å². The summed E-state index contributed by atoms with van der Waals surface area (Å²) < 4.78 is 33.3. The van der Waals surface area contributed by atoms with E-state index in [2.05, 4.69) is 0 Å². The van der Waals surface area contributed by atoms with Gasteiger partial charge < -0.3 is 21.1 Å². The van der Waals surface area contributed by atoms with E-state index in [1.807, 2.05) is 0 Å². The third kappa shape index (κ3) is 5.60. The normalized spacial score (nSPS) is 12.2. The molecule has 2 amide bonds. The van der Waals surface area contributed by atoms with E-state index in [1.54, 1.807) is 0 Å². The van der Waals surface area contributed by atoms with Crippen LogP contribution in [0.4, 0.5) is 10.5 Å². The molecule has 1 aromatic rings. The van der Waals surface area contributed by atoms with E-state index < -0.39 is 39.6 Å². The topological polar surface area (TPSA) is 167 Å². The number of aliphatic carboxylic acids is 1. The smallest absolute Gasteiger partial charge is 0.744 e. The Bertz CT molecular complexity index is 727. The van der Waals surface area contributed by atoms with Crippen molar-refractivity contribution in [3.63, 3.8) is 0 Å². The minimum Gasteiger partial charge on any atom is -0.744 e. The predicted octanol–water partition coefficient (Wildman–Crippen LogP) is -3.15. The van der Waals surface area contributed by atoms with Crippen LogP contribution in [0.1, 0.15) is 5.56 Å². The SMILES string of the molecule is Cc1c(Cl)cc(S(=O)(=O)[O-])cc1N(C[C@H](N)C(=O)O)C(N)=O.[Na+]. The summed E-state index contributed by atoms with van der Waals surface area (Å²) in [6.07, 6.45) is 0. The molecule has 0 aromatic heterocycles. The van der Waals surface area contributed by atoms with Crippen molar-refractivity contribution in [2.24, 2.45) is 11.5 Å². The molecule has 0 aliphatic heterocycles. The summed E-state index contributed by atoms with van der Waals surface area (Å²) >= 11 is 5.84. The molecular weight excluding hydrogens is 361 g/mol. The molecule has 0 aliphatic carbocycles. The van der Waals surface area contributed by atoms with Crippen molar-refractivity contribution in [2.75, 3.05) is 11.4 Å². The van der Waals surface area contributed by atoms with E-state index in [4.69, 9.17) is 28.2 Å². The molecule has 9 nitrogen and oxygen atoms in total. The van der Waals surface area contributed by atoms with Crippen LogP contribution in [0.15, 0.2) is 17.0 Å². The van der Waals surface area contributed by atoms with Crippen molar-refractivity contribution in [1.29, 1.82) is 0 Å². The summed E-state index contributed by atoms with van der Waals surface area (Å²) in [6.45, 7) is 0.922. The molecule has 0 radical (unpaired) electrons. The molecule has 0 bridgehead atoms. The Kier molecular flexibility index (Phi) is 7.97. The molecule has 1 rings (SSSR count). The monoisotopic (exact) mass is 373 g/mol. The van der Waals surface area contributed by atoms with Gasteiger partial charge in [-0.25, -0.2) is 13.2 Å². The van der Waals surface area contributed by atoms with Gasteiger partial charge in [0.25, 0.3) is 0 Å². The standard InChI is InChI=1S/C11H14ClN3O6S.Na/c1-5-7(12)2-6(22(19,20)21)3-9(5)15(11(14)18)4-8(13)10(16)17;/h2-3,8H,4,13H2,1H3,(H2,14,18)(H,16,17)(H,19,20,21);/q;+1/p-1/t8-;/m0./s1. The molecule has 1 atom stereocenters. The van der Waals surface area contributed by atoms with Gasteiger partial charge in [-0.15, -0.1) is 0 Å². The number of nitrogens with two attached hydrogens (primary N) is 2. The fraction of sp³-hybridized carbons (Fsp3) is 0.273. The van der Waals surface area contributed by atoms with Gasteiger partial charge in [-0.3, -0.25) is 9.69 Å². The predicted molar refractivity (Wildman–Crippen MR) is 76.7 cm³/mol. The number of nitrogens with zero attached hydrogens (tertiary/aromatic N) is 1. The second-order valence-electron chi connectivity index (χ2n) is 4.40. The summed E-state index contributed by atoms with van der Waals surface area (Å²) in [5.74, 6) is -1.39. The van der Waals surface area contributed by atoms with Gasteiger partial charge in [0.15, 0.2) is 0 Å². The van der Waals surface area contributed by atoms with E-state index in [-0.39, 0.29) is 45.8 Å². The van der Waals surface area contributed by atoms with Crippen molar-refractivity contribution < 1.29 is 57.2 Å². The summed E-state index contributed by atoms with van der Waals surface area (Å²) in [6, 6.07) is -0.712. The number of primary amides is 1. The zero-order valence-corrected chi connectivity index (χ0v) is 15.9. The first-order chi connectivity index (χ1) is 9.95. The van der Waals surface area contributed by atoms with E-state index in [1.165, 1.54) is 6.92 Å². The Morgan fingerprint density at radius 1 is 1.43 bits per heavy atom. The zero-order chi connectivity index (χ0) is 17.2.